The maximum atomic E-state index is 11.6. The topological polar surface area (TPSA) is 56.5 Å². The molecule has 0 unspecified atom stereocenters. The number of imidazole rings is 1. The largest absolute Gasteiger partial charge is 0.461 e. The Bertz CT molecular complexity index is 587. The molecule has 0 radical (unpaired) electrons. The average molecular weight is 233 g/mol. The summed E-state index contributed by atoms with van der Waals surface area (Å²) in [5, 5.41) is 0. The third-order valence-electron chi connectivity index (χ3n) is 2.89. The van der Waals surface area contributed by atoms with E-state index in [0.29, 0.717) is 18.1 Å². The summed E-state index contributed by atoms with van der Waals surface area (Å²) in [5.74, 6) is 0.126. The fourth-order valence-corrected chi connectivity index (χ4v) is 1.68. The van der Waals surface area contributed by atoms with E-state index >= 15 is 0 Å². The maximum absolute atomic E-state index is 11.6. The Morgan fingerprint density at radius 2 is 2.06 bits per heavy atom. The van der Waals surface area contributed by atoms with Gasteiger partial charge in [0.25, 0.3) is 0 Å². The smallest absolute Gasteiger partial charge is 0.358 e. The van der Waals surface area contributed by atoms with Crippen molar-refractivity contribution in [3.8, 4) is 0 Å². The van der Waals surface area contributed by atoms with Crippen molar-refractivity contribution in [1.29, 1.82) is 0 Å². The molecule has 2 rings (SSSR count). The van der Waals surface area contributed by atoms with Crippen LogP contribution in [0.25, 0.3) is 5.78 Å². The molecule has 0 N–H and O–H groups in total. The number of hydrogen-bond acceptors (Lipinski definition) is 4. The highest BCUT2D eigenvalue weighted by molar-refractivity contribution is 5.87. The standard InChI is InChI=1S/C12H15N3O2/c1-5-17-11(16)10-6-15-9(4)7(2)8(3)13-12(15)14-10/h6H,5H2,1-4H3. The van der Waals surface area contributed by atoms with Gasteiger partial charge in [0, 0.05) is 17.6 Å². The lowest BCUT2D eigenvalue weighted by atomic mass is 10.2. The van der Waals surface area contributed by atoms with Crippen LogP contribution in [0.4, 0.5) is 0 Å². The van der Waals surface area contributed by atoms with Gasteiger partial charge in [-0.05, 0) is 33.3 Å². The molecule has 90 valence electrons. The number of nitrogens with zero attached hydrogens (tertiary/aromatic N) is 3. The van der Waals surface area contributed by atoms with E-state index in [4.69, 9.17) is 4.74 Å². The SMILES string of the molecule is CCOC(=O)c1cn2c(C)c(C)c(C)nc2n1. The number of ether oxygens (including phenoxy) is 1. The lowest BCUT2D eigenvalue weighted by Crippen LogP contribution is -2.04. The highest BCUT2D eigenvalue weighted by Crippen LogP contribution is 2.14. The van der Waals surface area contributed by atoms with Crippen LogP contribution in [0.15, 0.2) is 6.20 Å². The molecule has 0 saturated carbocycles. The minimum atomic E-state index is -0.410. The molecule has 0 fully saturated rings. The molecule has 0 amide bonds. The first kappa shape index (κ1) is 11.6. The number of aryl methyl sites for hydroxylation is 2. The molecule has 17 heavy (non-hydrogen) atoms. The molecule has 5 nitrogen and oxygen atoms in total. The Hall–Kier alpha value is -1.91. The summed E-state index contributed by atoms with van der Waals surface area (Å²) in [6.45, 7) is 8.03. The summed E-state index contributed by atoms with van der Waals surface area (Å²) >= 11 is 0. The Labute approximate surface area is 99.5 Å². The molecular weight excluding hydrogens is 218 g/mol. The summed E-state index contributed by atoms with van der Waals surface area (Å²) in [6.07, 6.45) is 1.67. The van der Waals surface area contributed by atoms with Crippen LogP contribution in [-0.4, -0.2) is 26.9 Å². The van der Waals surface area contributed by atoms with E-state index < -0.39 is 5.97 Å². The molecule has 0 spiro atoms. The fourth-order valence-electron chi connectivity index (χ4n) is 1.68. The molecule has 0 saturated heterocycles. The van der Waals surface area contributed by atoms with Gasteiger partial charge in [0.2, 0.25) is 5.78 Å². The second-order valence-electron chi connectivity index (χ2n) is 3.92. The molecule has 2 aromatic rings. The van der Waals surface area contributed by atoms with Crippen molar-refractivity contribution in [2.45, 2.75) is 27.7 Å². The number of hydrogen-bond donors (Lipinski definition) is 0. The predicted molar refractivity (Wildman–Crippen MR) is 63.2 cm³/mol. The number of carbonyl (C=O) groups is 1. The van der Waals surface area contributed by atoms with Crippen molar-refractivity contribution in [2.75, 3.05) is 6.61 Å². The molecule has 2 heterocycles. The number of carbonyl (C=O) groups excluding carboxylic acids is 1. The Kier molecular flexibility index (Phi) is 2.83. The van der Waals surface area contributed by atoms with Crippen LogP contribution in [0.5, 0.6) is 0 Å². The van der Waals surface area contributed by atoms with Gasteiger partial charge in [-0.15, -0.1) is 0 Å². The number of aromatic nitrogens is 3. The van der Waals surface area contributed by atoms with E-state index in [1.54, 1.807) is 13.1 Å². The number of rotatable bonds is 2. The number of fused-ring (bicyclic) bond motifs is 1. The fraction of sp³-hybridized carbons (Fsp3) is 0.417. The van der Waals surface area contributed by atoms with Gasteiger partial charge in [-0.2, -0.15) is 0 Å². The zero-order chi connectivity index (χ0) is 12.6. The van der Waals surface area contributed by atoms with Crippen LogP contribution >= 0.6 is 0 Å². The second-order valence-corrected chi connectivity index (χ2v) is 3.92. The first-order valence-electron chi connectivity index (χ1n) is 5.54. The first-order valence-corrected chi connectivity index (χ1v) is 5.54. The van der Waals surface area contributed by atoms with Crippen molar-refractivity contribution in [3.05, 3.63) is 28.8 Å². The van der Waals surface area contributed by atoms with Gasteiger partial charge >= 0.3 is 5.97 Å². The van der Waals surface area contributed by atoms with Crippen LogP contribution in [0.3, 0.4) is 0 Å². The second kappa shape index (κ2) is 4.16. The van der Waals surface area contributed by atoms with E-state index in [0.717, 1.165) is 17.0 Å². The van der Waals surface area contributed by atoms with Gasteiger partial charge in [-0.25, -0.2) is 14.8 Å². The Morgan fingerprint density at radius 3 is 2.71 bits per heavy atom. The third kappa shape index (κ3) is 1.88. The molecule has 0 atom stereocenters. The van der Waals surface area contributed by atoms with E-state index in [2.05, 4.69) is 9.97 Å². The van der Waals surface area contributed by atoms with Gasteiger partial charge in [0.15, 0.2) is 5.69 Å². The molecule has 0 bridgehead atoms. The molecule has 0 aliphatic carbocycles. The van der Waals surface area contributed by atoms with Crippen LogP contribution in [0, 0.1) is 20.8 Å². The minimum Gasteiger partial charge on any atom is -0.461 e. The lowest BCUT2D eigenvalue weighted by Gasteiger charge is -2.05. The van der Waals surface area contributed by atoms with Gasteiger partial charge in [-0.3, -0.25) is 4.40 Å². The third-order valence-corrected chi connectivity index (χ3v) is 2.89. The van der Waals surface area contributed by atoms with E-state index in [9.17, 15) is 4.79 Å². The summed E-state index contributed by atoms with van der Waals surface area (Å²) < 4.78 is 6.73. The van der Waals surface area contributed by atoms with Crippen LogP contribution in [0.1, 0.15) is 34.4 Å². The quantitative estimate of drug-likeness (QED) is 0.742. The van der Waals surface area contributed by atoms with Crippen molar-refractivity contribution in [2.24, 2.45) is 0 Å². The molecule has 0 aromatic carbocycles. The van der Waals surface area contributed by atoms with Gasteiger partial charge in [0.1, 0.15) is 0 Å². The average Bonchev–Trinajstić information content (AvgIpc) is 2.70. The summed E-state index contributed by atoms with van der Waals surface area (Å²) in [7, 11) is 0. The Balaban J connectivity index is 2.58. The molecule has 2 aromatic heterocycles. The number of esters is 1. The molecular formula is C12H15N3O2. The van der Waals surface area contributed by atoms with Crippen LogP contribution in [0.2, 0.25) is 0 Å². The van der Waals surface area contributed by atoms with Crippen molar-refractivity contribution in [1.82, 2.24) is 14.4 Å². The normalized spacial score (nSPS) is 10.8. The highest BCUT2D eigenvalue weighted by atomic mass is 16.5. The first-order chi connectivity index (χ1) is 8.04. The molecule has 5 heteroatoms. The minimum absolute atomic E-state index is 0.299. The maximum Gasteiger partial charge on any atom is 0.358 e. The van der Waals surface area contributed by atoms with Crippen LogP contribution in [-0.2, 0) is 4.74 Å². The molecule has 0 aliphatic heterocycles. The van der Waals surface area contributed by atoms with Crippen molar-refractivity contribution < 1.29 is 9.53 Å². The highest BCUT2D eigenvalue weighted by Gasteiger charge is 2.14. The van der Waals surface area contributed by atoms with Gasteiger partial charge in [0.05, 0.1) is 6.61 Å². The van der Waals surface area contributed by atoms with Gasteiger partial charge < -0.3 is 4.74 Å². The van der Waals surface area contributed by atoms with Crippen molar-refractivity contribution >= 4 is 11.7 Å². The van der Waals surface area contributed by atoms with E-state index in [1.165, 1.54) is 0 Å². The summed E-state index contributed by atoms with van der Waals surface area (Å²) in [4.78, 5) is 20.1. The lowest BCUT2D eigenvalue weighted by molar-refractivity contribution is 0.0520. The van der Waals surface area contributed by atoms with Crippen molar-refractivity contribution in [3.63, 3.8) is 0 Å². The van der Waals surface area contributed by atoms with Gasteiger partial charge in [-0.1, -0.05) is 0 Å². The Morgan fingerprint density at radius 1 is 1.35 bits per heavy atom. The summed E-state index contributed by atoms with van der Waals surface area (Å²) in [6, 6.07) is 0. The predicted octanol–water partition coefficient (Wildman–Crippen LogP) is 1.83. The zero-order valence-electron chi connectivity index (χ0n) is 10.4. The monoisotopic (exact) mass is 233 g/mol. The van der Waals surface area contributed by atoms with E-state index in [-0.39, 0.29) is 0 Å². The summed E-state index contributed by atoms with van der Waals surface area (Å²) in [5.41, 5.74) is 3.37. The van der Waals surface area contributed by atoms with E-state index in [1.807, 2.05) is 25.2 Å². The molecule has 0 aliphatic rings. The zero-order valence-corrected chi connectivity index (χ0v) is 10.4. The van der Waals surface area contributed by atoms with Crippen LogP contribution < -0.4 is 0 Å².